The first kappa shape index (κ1) is 19.6. The lowest BCUT2D eigenvalue weighted by molar-refractivity contribution is -0.120. The van der Waals surface area contributed by atoms with Crippen molar-refractivity contribution in [1.29, 1.82) is 0 Å². The second kappa shape index (κ2) is 8.08. The van der Waals surface area contributed by atoms with E-state index >= 15 is 0 Å². The summed E-state index contributed by atoms with van der Waals surface area (Å²) in [6.07, 6.45) is 0. The van der Waals surface area contributed by atoms with E-state index < -0.39 is 15.9 Å². The molecule has 0 atom stereocenters. The fourth-order valence-electron chi connectivity index (χ4n) is 2.22. The molecule has 8 heteroatoms. The number of halogens is 2. The molecule has 0 fully saturated rings. The zero-order chi connectivity index (χ0) is 18.6. The van der Waals surface area contributed by atoms with E-state index in [0.717, 1.165) is 4.31 Å². The summed E-state index contributed by atoms with van der Waals surface area (Å²) in [4.78, 5) is 12.3. The maximum Gasteiger partial charge on any atom is 0.264 e. The minimum atomic E-state index is -3.96. The quantitative estimate of drug-likeness (QED) is 0.803. The monoisotopic (exact) mass is 400 g/mol. The lowest BCUT2D eigenvalue weighted by atomic mass is 10.3. The maximum absolute atomic E-state index is 13.0. The maximum atomic E-state index is 13.0. The zero-order valence-corrected chi connectivity index (χ0v) is 16.1. The lowest BCUT2D eigenvalue weighted by Gasteiger charge is -2.25. The third-order valence-electron chi connectivity index (χ3n) is 3.20. The molecule has 0 aliphatic carbocycles. The van der Waals surface area contributed by atoms with Gasteiger partial charge in [-0.3, -0.25) is 9.10 Å². The topological polar surface area (TPSA) is 66.5 Å². The molecule has 2 aromatic carbocycles. The molecule has 5 nitrogen and oxygen atoms in total. The molecule has 0 aliphatic heterocycles. The fourth-order valence-corrected chi connectivity index (χ4v) is 4.16. The van der Waals surface area contributed by atoms with Crippen molar-refractivity contribution >= 4 is 44.8 Å². The summed E-state index contributed by atoms with van der Waals surface area (Å²) in [6.45, 7) is 3.21. The van der Waals surface area contributed by atoms with Crippen molar-refractivity contribution in [3.8, 4) is 0 Å². The van der Waals surface area contributed by atoms with Gasteiger partial charge in [0.25, 0.3) is 10.0 Å². The largest absolute Gasteiger partial charge is 0.352 e. The van der Waals surface area contributed by atoms with Gasteiger partial charge >= 0.3 is 0 Å². The standard InChI is InChI=1S/C17H18Cl2N2O3S/c1-12(2)20-17(22)11-21(15-9-13(18)8-14(19)10-15)25(23,24)16-6-4-3-5-7-16/h3-10,12H,11H2,1-2H3,(H,20,22). The Balaban J connectivity index is 2.50. The molecule has 2 aromatic rings. The van der Waals surface area contributed by atoms with Crippen LogP contribution in [-0.2, 0) is 14.8 Å². The number of amides is 1. The van der Waals surface area contributed by atoms with Crippen LogP contribution < -0.4 is 9.62 Å². The number of hydrogen-bond donors (Lipinski definition) is 1. The fraction of sp³-hybridized carbons (Fsp3) is 0.235. The predicted molar refractivity (Wildman–Crippen MR) is 101 cm³/mol. The first-order valence-electron chi connectivity index (χ1n) is 7.53. The number of carbonyl (C=O) groups is 1. The van der Waals surface area contributed by atoms with Gasteiger partial charge in [-0.2, -0.15) is 0 Å². The van der Waals surface area contributed by atoms with Crippen molar-refractivity contribution in [1.82, 2.24) is 5.32 Å². The van der Waals surface area contributed by atoms with E-state index in [-0.39, 0.29) is 33.2 Å². The molecule has 0 bridgehead atoms. The minimum absolute atomic E-state index is 0.0726. The molecular weight excluding hydrogens is 383 g/mol. The van der Waals surface area contributed by atoms with Crippen LogP contribution in [0, 0.1) is 0 Å². The van der Waals surface area contributed by atoms with Crippen LogP contribution in [0.2, 0.25) is 10.0 Å². The number of anilines is 1. The van der Waals surface area contributed by atoms with Gasteiger partial charge in [0.1, 0.15) is 6.54 Å². The summed E-state index contributed by atoms with van der Waals surface area (Å²) in [5.74, 6) is -0.425. The lowest BCUT2D eigenvalue weighted by Crippen LogP contribution is -2.42. The van der Waals surface area contributed by atoms with Crippen molar-refractivity contribution in [3.05, 3.63) is 58.6 Å². The molecule has 0 saturated carbocycles. The van der Waals surface area contributed by atoms with Crippen molar-refractivity contribution < 1.29 is 13.2 Å². The first-order chi connectivity index (χ1) is 11.7. The molecule has 1 N–H and O–H groups in total. The molecule has 0 unspecified atom stereocenters. The molecule has 2 rings (SSSR count). The number of benzene rings is 2. The van der Waals surface area contributed by atoms with E-state index in [1.807, 2.05) is 0 Å². The first-order valence-corrected chi connectivity index (χ1v) is 9.73. The highest BCUT2D eigenvalue weighted by molar-refractivity contribution is 7.92. The summed E-state index contributed by atoms with van der Waals surface area (Å²) in [5, 5.41) is 3.24. The highest BCUT2D eigenvalue weighted by atomic mass is 35.5. The molecule has 134 valence electrons. The highest BCUT2D eigenvalue weighted by Gasteiger charge is 2.27. The number of hydrogen-bond acceptors (Lipinski definition) is 3. The average Bonchev–Trinajstić information content (AvgIpc) is 2.51. The Bertz CT molecular complexity index is 835. The van der Waals surface area contributed by atoms with Gasteiger partial charge in [-0.05, 0) is 44.2 Å². The molecule has 1 amide bonds. The normalized spacial score (nSPS) is 11.4. The Hall–Kier alpha value is -1.76. The number of sulfonamides is 1. The summed E-state index contributed by atoms with van der Waals surface area (Å²) in [7, 11) is -3.96. The predicted octanol–water partition coefficient (Wildman–Crippen LogP) is 3.71. The average molecular weight is 401 g/mol. The van der Waals surface area contributed by atoms with Gasteiger partial charge in [0.05, 0.1) is 10.6 Å². The van der Waals surface area contributed by atoms with Crippen LogP contribution in [0.5, 0.6) is 0 Å². The number of nitrogens with zero attached hydrogens (tertiary/aromatic N) is 1. The van der Waals surface area contributed by atoms with Gasteiger partial charge in [-0.15, -0.1) is 0 Å². The Labute approximate surface area is 157 Å². The van der Waals surface area contributed by atoms with Crippen LogP contribution in [-0.4, -0.2) is 26.9 Å². The van der Waals surface area contributed by atoms with E-state index in [4.69, 9.17) is 23.2 Å². The Morgan fingerprint density at radius 1 is 1.08 bits per heavy atom. The number of nitrogens with one attached hydrogen (secondary N) is 1. The second-order valence-electron chi connectivity index (χ2n) is 5.67. The molecule has 0 heterocycles. The third kappa shape index (κ3) is 5.11. The summed E-state index contributed by atoms with van der Waals surface area (Å²) < 4.78 is 27.1. The smallest absolute Gasteiger partial charge is 0.264 e. The SMILES string of the molecule is CC(C)NC(=O)CN(c1cc(Cl)cc(Cl)c1)S(=O)(=O)c1ccccc1. The van der Waals surface area contributed by atoms with E-state index in [2.05, 4.69) is 5.32 Å². The number of rotatable bonds is 6. The van der Waals surface area contributed by atoms with Crippen molar-refractivity contribution in [3.63, 3.8) is 0 Å². The summed E-state index contributed by atoms with van der Waals surface area (Å²) in [6, 6.07) is 12.2. The Morgan fingerprint density at radius 3 is 2.16 bits per heavy atom. The summed E-state index contributed by atoms with van der Waals surface area (Å²) >= 11 is 12.0. The van der Waals surface area contributed by atoms with E-state index in [1.54, 1.807) is 32.0 Å². The molecular formula is C17H18Cl2N2O3S. The molecule has 0 aromatic heterocycles. The third-order valence-corrected chi connectivity index (χ3v) is 5.43. The Kier molecular flexibility index (Phi) is 6.32. The molecule has 25 heavy (non-hydrogen) atoms. The van der Waals surface area contributed by atoms with E-state index in [9.17, 15) is 13.2 Å². The highest BCUT2D eigenvalue weighted by Crippen LogP contribution is 2.29. The van der Waals surface area contributed by atoms with Crippen LogP contribution in [0.3, 0.4) is 0 Å². The van der Waals surface area contributed by atoms with Gasteiger partial charge in [0.15, 0.2) is 0 Å². The van der Waals surface area contributed by atoms with Crippen LogP contribution in [0.15, 0.2) is 53.4 Å². The van der Waals surface area contributed by atoms with Gasteiger partial charge < -0.3 is 5.32 Å². The van der Waals surface area contributed by atoms with Crippen LogP contribution in [0.4, 0.5) is 5.69 Å². The molecule has 0 saturated heterocycles. The molecule has 0 spiro atoms. The van der Waals surface area contributed by atoms with Crippen molar-refractivity contribution in [2.24, 2.45) is 0 Å². The number of carbonyl (C=O) groups excluding carboxylic acids is 1. The minimum Gasteiger partial charge on any atom is -0.352 e. The van der Waals surface area contributed by atoms with E-state index in [1.165, 1.54) is 30.3 Å². The van der Waals surface area contributed by atoms with E-state index in [0.29, 0.717) is 0 Å². The van der Waals surface area contributed by atoms with Crippen LogP contribution in [0.1, 0.15) is 13.8 Å². The van der Waals surface area contributed by atoms with Gasteiger partial charge in [0.2, 0.25) is 5.91 Å². The molecule has 0 aliphatic rings. The summed E-state index contributed by atoms with van der Waals surface area (Å²) in [5.41, 5.74) is 0.222. The van der Waals surface area contributed by atoms with Crippen LogP contribution in [0.25, 0.3) is 0 Å². The van der Waals surface area contributed by atoms with Crippen molar-refractivity contribution in [2.75, 3.05) is 10.8 Å². The van der Waals surface area contributed by atoms with Crippen LogP contribution >= 0.6 is 23.2 Å². The van der Waals surface area contributed by atoms with Gasteiger partial charge in [-0.25, -0.2) is 8.42 Å². The second-order valence-corrected chi connectivity index (χ2v) is 8.41. The van der Waals surface area contributed by atoms with Crippen molar-refractivity contribution in [2.45, 2.75) is 24.8 Å². The van der Waals surface area contributed by atoms with Gasteiger partial charge in [0, 0.05) is 16.1 Å². The zero-order valence-electron chi connectivity index (χ0n) is 13.7. The Morgan fingerprint density at radius 2 is 1.64 bits per heavy atom. The molecule has 0 radical (unpaired) electrons. The van der Waals surface area contributed by atoms with Gasteiger partial charge in [-0.1, -0.05) is 41.4 Å².